The number of benzene rings is 1. The molecule has 3 heterocycles. The fourth-order valence-electron chi connectivity index (χ4n) is 5.31. The van der Waals surface area contributed by atoms with Crippen molar-refractivity contribution < 1.29 is 23.4 Å². The van der Waals surface area contributed by atoms with Gasteiger partial charge in [-0.15, -0.1) is 0 Å². The number of likely N-dealkylation sites (tertiary alicyclic amines) is 1. The standard InChI is InChI=1S/C28H37ClF2N6O3/c1-16-25(24(17(2)32)18(3)38)34-26(22-11-21(5-6-23(22)29)40-13-20(39)12-33-4)35-27(16)36-9-7-19(8-10-36)37-14-28(30,31)15-37/h5-6,11,19-20,33,39H,7-10,12-15,32H2,1-4H3/t20-/m1/s1. The van der Waals surface area contributed by atoms with Crippen LogP contribution in [0.15, 0.2) is 23.9 Å². The predicted molar refractivity (Wildman–Crippen MR) is 152 cm³/mol. The Balaban J connectivity index is 1.70. The van der Waals surface area contributed by atoms with Gasteiger partial charge in [-0.1, -0.05) is 11.6 Å². The zero-order chi connectivity index (χ0) is 29.2. The summed E-state index contributed by atoms with van der Waals surface area (Å²) in [5.41, 5.74) is 8.40. The fourth-order valence-corrected chi connectivity index (χ4v) is 5.51. The first kappa shape index (κ1) is 30.1. The lowest BCUT2D eigenvalue weighted by Crippen LogP contribution is -2.61. The summed E-state index contributed by atoms with van der Waals surface area (Å²) in [6, 6.07) is 5.17. The van der Waals surface area contributed by atoms with Crippen LogP contribution in [0.4, 0.5) is 14.6 Å². The van der Waals surface area contributed by atoms with E-state index in [2.05, 4.69) is 10.2 Å². The number of piperidine rings is 1. The van der Waals surface area contributed by atoms with Crippen molar-refractivity contribution in [1.29, 1.82) is 0 Å². The van der Waals surface area contributed by atoms with Crippen LogP contribution < -0.4 is 20.7 Å². The molecule has 1 aromatic carbocycles. The number of nitrogens with one attached hydrogen (secondary N) is 1. The number of aromatic nitrogens is 2. The lowest BCUT2D eigenvalue weighted by Gasteiger charge is -2.47. The zero-order valence-electron chi connectivity index (χ0n) is 23.3. The SMILES string of the molecule is CNC[C@@H](O)COc1ccc(Cl)c(-c2nc(C(C(C)=O)=C(C)N)c(C)c(N3CCC(N4CC(F)(F)C4)CC3)n2)c1. The summed E-state index contributed by atoms with van der Waals surface area (Å²) in [5, 5.41) is 13.3. The van der Waals surface area contributed by atoms with Gasteiger partial charge < -0.3 is 25.8 Å². The third-order valence-corrected chi connectivity index (χ3v) is 7.64. The molecule has 40 heavy (non-hydrogen) atoms. The maximum atomic E-state index is 13.4. The number of rotatable bonds is 10. The molecule has 0 spiro atoms. The Morgan fingerprint density at radius 2 is 1.95 bits per heavy atom. The number of halogens is 3. The molecular formula is C28H37ClF2N6O3. The van der Waals surface area contributed by atoms with E-state index in [4.69, 9.17) is 32.0 Å². The van der Waals surface area contributed by atoms with Crippen LogP contribution in [0.25, 0.3) is 17.0 Å². The molecule has 4 rings (SSSR count). The van der Waals surface area contributed by atoms with Crippen molar-refractivity contribution in [2.24, 2.45) is 5.73 Å². The number of anilines is 1. The number of hydrogen-bond donors (Lipinski definition) is 3. The summed E-state index contributed by atoms with van der Waals surface area (Å²) in [6.45, 7) is 6.26. The Kier molecular flexibility index (Phi) is 9.29. The number of aliphatic hydroxyl groups is 1. The van der Waals surface area contributed by atoms with Gasteiger partial charge in [-0.25, -0.2) is 18.7 Å². The van der Waals surface area contributed by atoms with E-state index in [0.29, 0.717) is 83.0 Å². The van der Waals surface area contributed by atoms with E-state index in [1.807, 2.05) is 11.8 Å². The van der Waals surface area contributed by atoms with Gasteiger partial charge in [-0.05, 0) is 58.9 Å². The summed E-state index contributed by atoms with van der Waals surface area (Å²) in [6.07, 6.45) is 0.738. The summed E-state index contributed by atoms with van der Waals surface area (Å²) in [4.78, 5) is 26.2. The summed E-state index contributed by atoms with van der Waals surface area (Å²) >= 11 is 6.60. The number of Topliss-reactive ketones (excluding diaryl/α,β-unsaturated/α-hetero) is 1. The maximum absolute atomic E-state index is 13.4. The van der Waals surface area contributed by atoms with Gasteiger partial charge in [0.25, 0.3) is 5.92 Å². The highest BCUT2D eigenvalue weighted by atomic mass is 35.5. The molecule has 0 bridgehead atoms. The first-order valence-corrected chi connectivity index (χ1v) is 13.8. The van der Waals surface area contributed by atoms with E-state index in [0.717, 1.165) is 0 Å². The normalized spacial score (nSPS) is 19.1. The molecule has 2 saturated heterocycles. The van der Waals surface area contributed by atoms with Gasteiger partial charge >= 0.3 is 0 Å². The molecular weight excluding hydrogens is 542 g/mol. The van der Waals surface area contributed by atoms with Crippen LogP contribution >= 0.6 is 11.6 Å². The van der Waals surface area contributed by atoms with Crippen molar-refractivity contribution in [2.45, 2.75) is 51.7 Å². The van der Waals surface area contributed by atoms with E-state index < -0.39 is 12.0 Å². The largest absolute Gasteiger partial charge is 0.491 e. The second-order valence-electron chi connectivity index (χ2n) is 10.6. The fraction of sp³-hybridized carbons (Fsp3) is 0.536. The first-order valence-electron chi connectivity index (χ1n) is 13.4. The minimum atomic E-state index is -2.60. The van der Waals surface area contributed by atoms with Gasteiger partial charge in [-0.3, -0.25) is 9.69 Å². The number of ether oxygens (including phenoxy) is 1. The molecule has 2 aliphatic heterocycles. The molecule has 4 N–H and O–H groups in total. The van der Waals surface area contributed by atoms with Crippen molar-refractivity contribution >= 4 is 28.8 Å². The predicted octanol–water partition coefficient (Wildman–Crippen LogP) is 3.26. The van der Waals surface area contributed by atoms with Crippen LogP contribution in [-0.4, -0.2) is 90.2 Å². The molecule has 1 atom stereocenters. The number of hydrogen-bond acceptors (Lipinski definition) is 9. The Morgan fingerprint density at radius 3 is 2.52 bits per heavy atom. The van der Waals surface area contributed by atoms with Crippen molar-refractivity contribution in [2.75, 3.05) is 51.3 Å². The number of ketones is 1. The molecule has 0 unspecified atom stereocenters. The number of carbonyl (C=O) groups is 1. The van der Waals surface area contributed by atoms with Gasteiger partial charge in [0.2, 0.25) is 0 Å². The number of nitrogens with zero attached hydrogens (tertiary/aromatic N) is 4. The summed E-state index contributed by atoms with van der Waals surface area (Å²) < 4.78 is 32.6. The highest BCUT2D eigenvalue weighted by Gasteiger charge is 2.47. The third-order valence-electron chi connectivity index (χ3n) is 7.31. The van der Waals surface area contributed by atoms with Crippen LogP contribution in [0.3, 0.4) is 0 Å². The van der Waals surface area contributed by atoms with E-state index in [1.54, 1.807) is 32.2 Å². The molecule has 0 aliphatic carbocycles. The first-order chi connectivity index (χ1) is 18.9. The smallest absolute Gasteiger partial charge is 0.272 e. The number of allylic oxidation sites excluding steroid dienone is 2. The highest BCUT2D eigenvalue weighted by Crippen LogP contribution is 2.37. The average molecular weight is 579 g/mol. The molecule has 1 aromatic heterocycles. The van der Waals surface area contributed by atoms with E-state index in [-0.39, 0.29) is 31.5 Å². The topological polar surface area (TPSA) is 117 Å². The summed E-state index contributed by atoms with van der Waals surface area (Å²) in [7, 11) is 1.74. The average Bonchev–Trinajstić information content (AvgIpc) is 2.88. The van der Waals surface area contributed by atoms with Crippen molar-refractivity contribution in [3.8, 4) is 17.1 Å². The maximum Gasteiger partial charge on any atom is 0.272 e. The quantitative estimate of drug-likeness (QED) is 0.365. The molecule has 2 aromatic rings. The minimum Gasteiger partial charge on any atom is -0.491 e. The summed E-state index contributed by atoms with van der Waals surface area (Å²) in [5.74, 6) is -1.41. The molecule has 2 fully saturated rings. The third kappa shape index (κ3) is 6.71. The van der Waals surface area contributed by atoms with E-state index in [1.165, 1.54) is 6.92 Å². The minimum absolute atomic E-state index is 0.0780. The van der Waals surface area contributed by atoms with Crippen LogP contribution in [-0.2, 0) is 4.79 Å². The molecule has 2 aliphatic rings. The lowest BCUT2D eigenvalue weighted by atomic mass is 9.97. The van der Waals surface area contributed by atoms with Crippen LogP contribution in [0.2, 0.25) is 5.02 Å². The van der Waals surface area contributed by atoms with Crippen LogP contribution in [0.1, 0.15) is 37.9 Å². The highest BCUT2D eigenvalue weighted by molar-refractivity contribution is 6.33. The zero-order valence-corrected chi connectivity index (χ0v) is 24.1. The van der Waals surface area contributed by atoms with E-state index in [9.17, 15) is 18.7 Å². The molecule has 0 saturated carbocycles. The number of nitrogens with two attached hydrogens (primary N) is 1. The number of carbonyl (C=O) groups excluding carboxylic acids is 1. The van der Waals surface area contributed by atoms with Crippen LogP contribution in [0.5, 0.6) is 5.75 Å². The van der Waals surface area contributed by atoms with Crippen LogP contribution in [0, 0.1) is 6.92 Å². The molecule has 218 valence electrons. The Hall–Kier alpha value is -2.86. The molecule has 0 amide bonds. The van der Waals surface area contributed by atoms with Gasteiger partial charge in [-0.2, -0.15) is 0 Å². The Labute approximate surface area is 238 Å². The van der Waals surface area contributed by atoms with Gasteiger partial charge in [0, 0.05) is 42.5 Å². The van der Waals surface area contributed by atoms with Crippen molar-refractivity contribution in [3.63, 3.8) is 0 Å². The second kappa shape index (κ2) is 12.3. The van der Waals surface area contributed by atoms with Crippen molar-refractivity contribution in [1.82, 2.24) is 20.2 Å². The lowest BCUT2D eigenvalue weighted by molar-refractivity contribution is -0.148. The Bertz CT molecular complexity index is 1270. The molecule has 9 nitrogen and oxygen atoms in total. The van der Waals surface area contributed by atoms with Gasteiger partial charge in [0.1, 0.15) is 24.3 Å². The van der Waals surface area contributed by atoms with Gasteiger partial charge in [0.05, 0.1) is 29.4 Å². The molecule has 0 radical (unpaired) electrons. The van der Waals surface area contributed by atoms with E-state index >= 15 is 0 Å². The second-order valence-corrected chi connectivity index (χ2v) is 11.0. The Morgan fingerprint density at radius 1 is 1.27 bits per heavy atom. The van der Waals surface area contributed by atoms with Crippen molar-refractivity contribution in [3.05, 3.63) is 40.2 Å². The monoisotopic (exact) mass is 578 g/mol. The number of aliphatic hydroxyl groups excluding tert-OH is 1. The number of alkyl halides is 2. The van der Waals surface area contributed by atoms with Gasteiger partial charge in [0.15, 0.2) is 11.6 Å². The molecule has 12 heteroatoms. The number of likely N-dealkylation sites (N-methyl/N-ethyl adjacent to an activating group) is 1.